The summed E-state index contributed by atoms with van der Waals surface area (Å²) in [6.45, 7) is 12.4. The van der Waals surface area contributed by atoms with Crippen molar-refractivity contribution < 1.29 is 30.2 Å². The fourth-order valence-corrected chi connectivity index (χ4v) is 6.75. The van der Waals surface area contributed by atoms with E-state index in [2.05, 4.69) is 41.8 Å². The van der Waals surface area contributed by atoms with Crippen LogP contribution in [-0.4, -0.2) is 59.9 Å². The summed E-state index contributed by atoms with van der Waals surface area (Å²) in [5.74, 6) is 0. The van der Waals surface area contributed by atoms with E-state index < -0.39 is 8.80 Å². The number of unbranched alkanes of at least 4 members (excludes halogenated alkanes) is 10. The summed E-state index contributed by atoms with van der Waals surface area (Å²) in [6, 6.07) is 0. The molecule has 0 unspecified atom stereocenters. The van der Waals surface area contributed by atoms with Crippen LogP contribution in [0.4, 0.5) is 0 Å². The topological polar surface area (TPSA) is 27.7 Å². The van der Waals surface area contributed by atoms with Crippen LogP contribution < -0.4 is 12.4 Å². The van der Waals surface area contributed by atoms with E-state index in [0.717, 1.165) is 69.0 Å². The van der Waals surface area contributed by atoms with Crippen molar-refractivity contribution in [2.24, 2.45) is 0 Å². The van der Waals surface area contributed by atoms with Gasteiger partial charge >= 0.3 is 8.80 Å². The molecular formula is C25H56ClNO3Si. The minimum Gasteiger partial charge on any atom is -1.00 e. The first kappa shape index (κ1) is 33.5. The average molecular weight is 482 g/mol. The standard InChI is InChI=1S/C25H56NO3Si.ClH/c1-7-11-15-16-17-18-19-20-21-26(5,6)25-30(27-22-12-8-2,28-23-13-9-3)29-24-14-10-4;/h7-25H2,1-6H3;1H/q+1;/p-1. The van der Waals surface area contributed by atoms with Gasteiger partial charge in [0.1, 0.15) is 6.17 Å². The maximum atomic E-state index is 6.46. The third kappa shape index (κ3) is 19.5. The first-order valence-electron chi connectivity index (χ1n) is 13.2. The highest BCUT2D eigenvalue weighted by molar-refractivity contribution is 6.60. The van der Waals surface area contributed by atoms with Crippen molar-refractivity contribution in [2.75, 3.05) is 46.6 Å². The van der Waals surface area contributed by atoms with Crippen molar-refractivity contribution in [1.29, 1.82) is 0 Å². The van der Waals surface area contributed by atoms with Gasteiger partial charge in [0.2, 0.25) is 0 Å². The molecule has 31 heavy (non-hydrogen) atoms. The van der Waals surface area contributed by atoms with Crippen LogP contribution >= 0.6 is 0 Å². The molecule has 4 nitrogen and oxygen atoms in total. The van der Waals surface area contributed by atoms with Gasteiger partial charge in [0, 0.05) is 19.8 Å². The second kappa shape index (κ2) is 22.2. The van der Waals surface area contributed by atoms with Crippen LogP contribution in [0.1, 0.15) is 118 Å². The molecule has 0 aliphatic carbocycles. The van der Waals surface area contributed by atoms with Gasteiger partial charge in [-0.25, -0.2) is 0 Å². The minimum atomic E-state index is -2.66. The highest BCUT2D eigenvalue weighted by atomic mass is 35.5. The molecule has 0 aromatic rings. The van der Waals surface area contributed by atoms with Crippen LogP contribution in [-0.2, 0) is 13.3 Å². The largest absolute Gasteiger partial charge is 1.00 e. The van der Waals surface area contributed by atoms with Crippen molar-refractivity contribution >= 4 is 8.80 Å². The van der Waals surface area contributed by atoms with Crippen LogP contribution in [0.25, 0.3) is 0 Å². The second-order valence-corrected chi connectivity index (χ2v) is 12.1. The maximum Gasteiger partial charge on any atom is 0.559 e. The zero-order valence-corrected chi connectivity index (χ0v) is 23.7. The van der Waals surface area contributed by atoms with Gasteiger partial charge in [-0.15, -0.1) is 0 Å². The van der Waals surface area contributed by atoms with Gasteiger partial charge in [-0.3, -0.25) is 0 Å². The predicted molar refractivity (Wildman–Crippen MR) is 133 cm³/mol. The Hall–Kier alpha value is 0.347. The first-order chi connectivity index (χ1) is 14.4. The Labute approximate surface area is 203 Å². The molecule has 0 radical (unpaired) electrons. The lowest BCUT2D eigenvalue weighted by molar-refractivity contribution is -0.883. The smallest absolute Gasteiger partial charge is 0.559 e. The third-order valence-electron chi connectivity index (χ3n) is 5.70. The molecule has 0 rings (SSSR count). The average Bonchev–Trinajstić information content (AvgIpc) is 2.70. The number of hydrogen-bond donors (Lipinski definition) is 0. The van der Waals surface area contributed by atoms with Crippen molar-refractivity contribution in [3.8, 4) is 0 Å². The van der Waals surface area contributed by atoms with Crippen LogP contribution in [0.3, 0.4) is 0 Å². The molecule has 0 amide bonds. The molecule has 0 aliphatic heterocycles. The predicted octanol–water partition coefficient (Wildman–Crippen LogP) is 4.14. The molecule has 0 heterocycles. The number of hydrogen-bond acceptors (Lipinski definition) is 3. The molecule has 0 aliphatic rings. The van der Waals surface area contributed by atoms with Crippen LogP contribution in [0, 0.1) is 0 Å². The van der Waals surface area contributed by atoms with E-state index in [4.69, 9.17) is 13.3 Å². The molecule has 0 aromatic carbocycles. The zero-order chi connectivity index (χ0) is 22.6. The van der Waals surface area contributed by atoms with Gasteiger partial charge in [-0.05, 0) is 32.1 Å². The number of rotatable bonds is 23. The van der Waals surface area contributed by atoms with E-state index in [1.807, 2.05) is 0 Å². The van der Waals surface area contributed by atoms with Gasteiger partial charge in [0.25, 0.3) is 0 Å². The van der Waals surface area contributed by atoms with Crippen molar-refractivity contribution in [3.63, 3.8) is 0 Å². The van der Waals surface area contributed by atoms with Crippen molar-refractivity contribution in [3.05, 3.63) is 0 Å². The molecule has 0 saturated carbocycles. The summed E-state index contributed by atoms with van der Waals surface area (Å²) >= 11 is 0. The summed E-state index contributed by atoms with van der Waals surface area (Å²) in [5.41, 5.74) is 0. The summed E-state index contributed by atoms with van der Waals surface area (Å²) in [7, 11) is 2.00. The number of halogens is 1. The van der Waals surface area contributed by atoms with Crippen molar-refractivity contribution in [2.45, 2.75) is 118 Å². The molecule has 0 N–H and O–H groups in total. The van der Waals surface area contributed by atoms with E-state index in [1.54, 1.807) is 0 Å². The van der Waals surface area contributed by atoms with E-state index in [1.165, 1.54) is 57.9 Å². The molecule has 0 aromatic heterocycles. The normalized spacial score (nSPS) is 12.2. The second-order valence-electron chi connectivity index (χ2n) is 9.58. The molecule has 6 heteroatoms. The van der Waals surface area contributed by atoms with E-state index in [0.29, 0.717) is 0 Å². The van der Waals surface area contributed by atoms with Crippen molar-refractivity contribution in [1.82, 2.24) is 0 Å². The fourth-order valence-electron chi connectivity index (χ4n) is 3.65. The minimum absolute atomic E-state index is 0. The Balaban J connectivity index is 0. The Kier molecular flexibility index (Phi) is 24.0. The highest BCUT2D eigenvalue weighted by Crippen LogP contribution is 2.19. The first-order valence-corrected chi connectivity index (χ1v) is 15.1. The quantitative estimate of drug-likeness (QED) is 0.125. The number of nitrogens with zero attached hydrogens (tertiary/aromatic N) is 1. The molecule has 0 bridgehead atoms. The summed E-state index contributed by atoms with van der Waals surface area (Å²) in [5, 5.41) is 0. The molecular weight excluding hydrogens is 426 g/mol. The highest BCUT2D eigenvalue weighted by Gasteiger charge is 2.48. The Morgan fingerprint density at radius 1 is 0.516 bits per heavy atom. The third-order valence-corrected chi connectivity index (χ3v) is 8.87. The number of quaternary nitrogens is 1. The van der Waals surface area contributed by atoms with Gasteiger partial charge in [0.05, 0.1) is 20.6 Å². The van der Waals surface area contributed by atoms with Gasteiger partial charge in [0.15, 0.2) is 0 Å². The van der Waals surface area contributed by atoms with Gasteiger partial charge in [-0.2, -0.15) is 0 Å². The molecule has 0 fully saturated rings. The van der Waals surface area contributed by atoms with E-state index in [-0.39, 0.29) is 12.4 Å². The molecule has 0 spiro atoms. The van der Waals surface area contributed by atoms with E-state index >= 15 is 0 Å². The summed E-state index contributed by atoms with van der Waals surface area (Å²) in [4.78, 5) is 0. The van der Waals surface area contributed by atoms with Gasteiger partial charge < -0.3 is 30.2 Å². The summed E-state index contributed by atoms with van der Waals surface area (Å²) < 4.78 is 20.3. The molecule has 0 atom stereocenters. The lowest BCUT2D eigenvalue weighted by Gasteiger charge is -2.38. The summed E-state index contributed by atoms with van der Waals surface area (Å²) in [6.07, 6.45) is 18.5. The molecule has 0 saturated heterocycles. The van der Waals surface area contributed by atoms with Crippen LogP contribution in [0.15, 0.2) is 0 Å². The van der Waals surface area contributed by atoms with Crippen LogP contribution in [0.2, 0.25) is 0 Å². The van der Waals surface area contributed by atoms with Gasteiger partial charge in [-0.1, -0.05) is 85.5 Å². The Morgan fingerprint density at radius 3 is 1.26 bits per heavy atom. The monoisotopic (exact) mass is 481 g/mol. The fraction of sp³-hybridized carbons (Fsp3) is 1.00. The molecule has 190 valence electrons. The SMILES string of the molecule is CCCCCCCCCC[N+](C)(C)C[Si](OCCCC)(OCCCC)OCCCC.[Cl-]. The Morgan fingerprint density at radius 2 is 0.871 bits per heavy atom. The lowest BCUT2D eigenvalue weighted by Crippen LogP contribution is -3.00. The zero-order valence-electron chi connectivity index (χ0n) is 22.0. The maximum absolute atomic E-state index is 6.46. The lowest BCUT2D eigenvalue weighted by atomic mass is 10.1. The van der Waals surface area contributed by atoms with Crippen LogP contribution in [0.5, 0.6) is 0 Å². The van der Waals surface area contributed by atoms with E-state index in [9.17, 15) is 0 Å². The Bertz CT molecular complexity index is 346.